The predicted molar refractivity (Wildman–Crippen MR) is 337 cm³/mol. The second-order valence-corrected chi connectivity index (χ2v) is 25.7. The van der Waals surface area contributed by atoms with Gasteiger partial charge < -0.3 is 89.9 Å². The van der Waals surface area contributed by atoms with Gasteiger partial charge in [0.1, 0.15) is 73.2 Å². The Bertz CT molecular complexity index is 1630. The number of aliphatic hydroxyl groups excluding tert-OH is 11. The maximum absolute atomic E-state index is 13.3. The molecule has 19 nitrogen and oxygen atoms in total. The minimum Gasteiger partial charge on any atom is -0.394 e. The molecule has 0 aromatic carbocycles. The maximum Gasteiger partial charge on any atom is 0.220 e. The molecule has 514 valence electrons. The fourth-order valence-electron chi connectivity index (χ4n) is 12.3. The van der Waals surface area contributed by atoms with Gasteiger partial charge in [0.15, 0.2) is 18.9 Å². The average molecular weight is 1250 g/mol. The van der Waals surface area contributed by atoms with Gasteiger partial charge in [0.05, 0.1) is 38.6 Å². The Morgan fingerprint density at radius 2 is 0.713 bits per heavy atom. The summed E-state index contributed by atoms with van der Waals surface area (Å²) in [4.78, 5) is 13.3. The quantitative estimate of drug-likeness (QED) is 0.0199. The third-order valence-electron chi connectivity index (χ3n) is 18.1. The van der Waals surface area contributed by atoms with E-state index in [4.69, 9.17) is 28.4 Å². The van der Waals surface area contributed by atoms with E-state index in [1.54, 1.807) is 6.08 Å². The van der Waals surface area contributed by atoms with Gasteiger partial charge in [-0.2, -0.15) is 0 Å². The van der Waals surface area contributed by atoms with Gasteiger partial charge in [-0.3, -0.25) is 4.79 Å². The van der Waals surface area contributed by atoms with Crippen LogP contribution in [0.3, 0.4) is 0 Å². The molecule has 3 aliphatic heterocycles. The lowest BCUT2D eigenvalue weighted by Crippen LogP contribution is -2.66. The topological polar surface area (TPSA) is 307 Å². The zero-order chi connectivity index (χ0) is 63.3. The number of aliphatic hydroxyl groups is 11. The standard InChI is InChI=1S/C68H129NO18/c1-3-5-7-9-11-13-15-16-17-18-19-20-21-22-23-24-25-26-27-28-29-30-31-32-33-34-36-37-39-41-43-45-52(73)51(69-56(74)46-44-42-40-38-35-14-12-10-8-6-4-2)50-82-66-62(80)59(77)64(54(48-71)84-66)87-68-63(81)60(78)65(55(49-72)85-68)86-67-61(79)58(76)57(75)53(47-70)83-67/h43,45,51-55,57-68,70-73,75-81H,3-42,44,46-50H2,1-2H3,(H,69,74)/b45-43+. The first kappa shape index (κ1) is 79.8. The number of rotatable bonds is 55. The van der Waals surface area contributed by atoms with Crippen LogP contribution in [0, 0.1) is 0 Å². The van der Waals surface area contributed by atoms with Crippen LogP contribution in [-0.4, -0.2) is 193 Å². The monoisotopic (exact) mass is 1250 g/mol. The molecule has 17 atom stereocenters. The van der Waals surface area contributed by atoms with Crippen LogP contribution in [0.2, 0.25) is 0 Å². The lowest BCUT2D eigenvalue weighted by Gasteiger charge is -2.48. The number of unbranched alkanes of at least 4 members (excludes halogenated alkanes) is 39. The van der Waals surface area contributed by atoms with Crippen LogP contribution in [0.15, 0.2) is 12.2 Å². The Labute approximate surface area is 525 Å². The van der Waals surface area contributed by atoms with E-state index in [1.165, 1.54) is 212 Å². The average Bonchev–Trinajstić information content (AvgIpc) is 3.67. The summed E-state index contributed by atoms with van der Waals surface area (Å²) in [5.74, 6) is -0.273. The largest absolute Gasteiger partial charge is 0.394 e. The SMILES string of the molecule is CCCCCCCCCCCCCCCCCCCCCCCCCCCCCCC/C=C/C(O)C(COC1OC(CO)C(OC2OC(CO)C(OC3OC(CO)C(O)C(O)C3O)C(O)C2O)C(O)C1O)NC(=O)CCCCCCCCCCCCC. The minimum absolute atomic E-state index is 0.248. The van der Waals surface area contributed by atoms with Crippen molar-refractivity contribution in [2.75, 3.05) is 26.4 Å². The molecule has 3 heterocycles. The number of ether oxygens (including phenoxy) is 6. The fraction of sp³-hybridized carbons (Fsp3) is 0.956. The highest BCUT2D eigenvalue weighted by Crippen LogP contribution is 2.33. The number of carbonyl (C=O) groups excluding carboxylic acids is 1. The summed E-state index contributed by atoms with van der Waals surface area (Å²) in [7, 11) is 0. The molecule has 17 unspecified atom stereocenters. The van der Waals surface area contributed by atoms with Crippen molar-refractivity contribution >= 4 is 5.91 Å². The summed E-state index contributed by atoms with van der Waals surface area (Å²) in [6.07, 6.45) is 29.4. The van der Waals surface area contributed by atoms with Gasteiger partial charge in [-0.25, -0.2) is 0 Å². The zero-order valence-electron chi connectivity index (χ0n) is 54.3. The molecule has 0 aliphatic carbocycles. The number of allylic oxidation sites excluding steroid dienone is 1. The fourth-order valence-corrected chi connectivity index (χ4v) is 12.3. The van der Waals surface area contributed by atoms with E-state index in [9.17, 15) is 61.0 Å². The Hall–Kier alpha value is -1.47. The summed E-state index contributed by atoms with van der Waals surface area (Å²) in [6.45, 7) is 1.74. The maximum atomic E-state index is 13.3. The highest BCUT2D eigenvalue weighted by Gasteiger charge is 2.53. The molecule has 19 heteroatoms. The highest BCUT2D eigenvalue weighted by atomic mass is 16.8. The number of carbonyl (C=O) groups is 1. The van der Waals surface area contributed by atoms with Gasteiger partial charge >= 0.3 is 0 Å². The molecule has 3 aliphatic rings. The third kappa shape index (κ3) is 33.3. The van der Waals surface area contributed by atoms with E-state index in [0.29, 0.717) is 6.42 Å². The highest BCUT2D eigenvalue weighted by molar-refractivity contribution is 5.76. The van der Waals surface area contributed by atoms with E-state index in [0.717, 1.165) is 44.9 Å². The van der Waals surface area contributed by atoms with E-state index < -0.39 is 124 Å². The molecule has 0 saturated carbocycles. The Morgan fingerprint density at radius 1 is 0.402 bits per heavy atom. The van der Waals surface area contributed by atoms with E-state index >= 15 is 0 Å². The molecule has 87 heavy (non-hydrogen) atoms. The summed E-state index contributed by atoms with van der Waals surface area (Å²) >= 11 is 0. The summed E-state index contributed by atoms with van der Waals surface area (Å²) in [5, 5.41) is 120. The number of amides is 1. The molecule has 1 amide bonds. The van der Waals surface area contributed by atoms with Gasteiger partial charge in [0.25, 0.3) is 0 Å². The molecule has 12 N–H and O–H groups in total. The number of nitrogens with one attached hydrogen (secondary N) is 1. The van der Waals surface area contributed by atoms with Crippen molar-refractivity contribution in [3.05, 3.63) is 12.2 Å². The zero-order valence-corrected chi connectivity index (χ0v) is 54.3. The molecule has 0 aromatic heterocycles. The first-order valence-corrected chi connectivity index (χ1v) is 35.4. The Kier molecular flexibility index (Phi) is 46.8. The molecule has 3 saturated heterocycles. The Morgan fingerprint density at radius 3 is 1.08 bits per heavy atom. The molecule has 3 rings (SSSR count). The van der Waals surface area contributed by atoms with Crippen LogP contribution >= 0.6 is 0 Å². The molecule has 0 radical (unpaired) electrons. The van der Waals surface area contributed by atoms with Crippen molar-refractivity contribution in [3.8, 4) is 0 Å². The molecule has 3 fully saturated rings. The molecule has 0 spiro atoms. The number of hydrogen-bond donors (Lipinski definition) is 12. The second-order valence-electron chi connectivity index (χ2n) is 25.7. The first-order valence-electron chi connectivity index (χ1n) is 35.4. The summed E-state index contributed by atoms with van der Waals surface area (Å²) < 4.78 is 34.3. The summed E-state index contributed by atoms with van der Waals surface area (Å²) in [5.41, 5.74) is 0. The molecular formula is C68H129NO18. The van der Waals surface area contributed by atoms with Gasteiger partial charge in [-0.15, -0.1) is 0 Å². The van der Waals surface area contributed by atoms with Crippen LogP contribution in [0.1, 0.15) is 284 Å². The molecule has 0 bridgehead atoms. The van der Waals surface area contributed by atoms with Gasteiger partial charge in [0.2, 0.25) is 5.91 Å². The van der Waals surface area contributed by atoms with E-state index in [1.807, 2.05) is 6.08 Å². The van der Waals surface area contributed by atoms with Crippen molar-refractivity contribution in [1.29, 1.82) is 0 Å². The first-order chi connectivity index (χ1) is 42.3. The normalized spacial score (nSPS) is 28.6. The van der Waals surface area contributed by atoms with E-state index in [-0.39, 0.29) is 18.9 Å². The van der Waals surface area contributed by atoms with Crippen molar-refractivity contribution in [3.63, 3.8) is 0 Å². The van der Waals surface area contributed by atoms with Crippen LogP contribution in [0.4, 0.5) is 0 Å². The van der Waals surface area contributed by atoms with Crippen LogP contribution in [0.5, 0.6) is 0 Å². The molecule has 0 aromatic rings. The van der Waals surface area contributed by atoms with Crippen molar-refractivity contribution in [2.24, 2.45) is 0 Å². The van der Waals surface area contributed by atoms with Crippen LogP contribution in [-0.2, 0) is 33.2 Å². The third-order valence-corrected chi connectivity index (χ3v) is 18.1. The lowest BCUT2D eigenvalue weighted by molar-refractivity contribution is -0.379. The van der Waals surface area contributed by atoms with Gasteiger partial charge in [-0.05, 0) is 19.3 Å². The minimum atomic E-state index is -1.97. The van der Waals surface area contributed by atoms with Crippen LogP contribution in [0.25, 0.3) is 0 Å². The Balaban J connectivity index is 1.37. The summed E-state index contributed by atoms with van der Waals surface area (Å²) in [6, 6.07) is -0.967. The van der Waals surface area contributed by atoms with Gasteiger partial charge in [0, 0.05) is 6.42 Å². The van der Waals surface area contributed by atoms with E-state index in [2.05, 4.69) is 19.2 Å². The lowest BCUT2D eigenvalue weighted by atomic mass is 9.96. The second kappa shape index (κ2) is 51.0. The molecular weight excluding hydrogens is 1120 g/mol. The predicted octanol–water partition coefficient (Wildman–Crippen LogP) is 9.28. The smallest absolute Gasteiger partial charge is 0.220 e. The van der Waals surface area contributed by atoms with Crippen molar-refractivity contribution in [2.45, 2.75) is 388 Å². The van der Waals surface area contributed by atoms with Gasteiger partial charge in [-0.1, -0.05) is 270 Å². The van der Waals surface area contributed by atoms with Crippen molar-refractivity contribution < 1.29 is 89.4 Å². The van der Waals surface area contributed by atoms with Crippen molar-refractivity contribution in [1.82, 2.24) is 5.32 Å². The number of hydrogen-bond acceptors (Lipinski definition) is 18. The van der Waals surface area contributed by atoms with Crippen LogP contribution < -0.4 is 5.32 Å².